The second kappa shape index (κ2) is 11.0. The molecule has 0 aliphatic heterocycles. The lowest BCUT2D eigenvalue weighted by Crippen LogP contribution is -2.34. The quantitative estimate of drug-likeness (QED) is 0.513. The van der Waals surface area contributed by atoms with Gasteiger partial charge in [-0.3, -0.25) is 4.79 Å². The lowest BCUT2D eigenvalue weighted by molar-refractivity contribution is -0.145. The summed E-state index contributed by atoms with van der Waals surface area (Å²) < 4.78 is 15.6. The number of carbonyl (C=O) groups is 2. The monoisotopic (exact) mass is 371 g/mol. The van der Waals surface area contributed by atoms with Crippen molar-refractivity contribution in [3.63, 3.8) is 0 Å². The summed E-state index contributed by atoms with van der Waals surface area (Å²) >= 11 is 0. The number of hydrogen-bond donors (Lipinski definition) is 1. The Bertz CT molecular complexity index is 732. The summed E-state index contributed by atoms with van der Waals surface area (Å²) in [5.74, 6) is -0.168. The van der Waals surface area contributed by atoms with Crippen LogP contribution < -0.4 is 10.1 Å². The molecule has 0 heterocycles. The highest BCUT2D eigenvalue weighted by atomic mass is 16.5. The van der Waals surface area contributed by atoms with E-state index in [0.717, 1.165) is 5.56 Å². The summed E-state index contributed by atoms with van der Waals surface area (Å²) in [6, 6.07) is 15.9. The third kappa shape index (κ3) is 6.75. The molecule has 1 atom stereocenters. The molecule has 0 fully saturated rings. The van der Waals surface area contributed by atoms with Crippen LogP contribution in [0, 0.1) is 0 Å². The molecule has 6 heteroatoms. The minimum Gasteiger partial charge on any atom is -0.497 e. The molecule has 0 aliphatic rings. The van der Waals surface area contributed by atoms with Gasteiger partial charge in [0.25, 0.3) is 0 Å². The first-order valence-corrected chi connectivity index (χ1v) is 8.77. The molecular formula is C21H25NO5. The molecule has 0 spiro atoms. The Kier molecular flexibility index (Phi) is 8.32. The number of benzene rings is 2. The van der Waals surface area contributed by atoms with E-state index in [-0.39, 0.29) is 12.3 Å². The van der Waals surface area contributed by atoms with Gasteiger partial charge < -0.3 is 19.5 Å². The standard InChI is InChI=1S/C21H25NO5/c1-25-18-11-6-10-17(14-18)20(21(24)26-2)22-19(23)12-7-13-27-15-16-8-4-3-5-9-16/h3-6,8-11,14,20H,7,12-13,15H2,1-2H3,(H,22,23). The number of carbonyl (C=O) groups excluding carboxylic acids is 2. The zero-order valence-corrected chi connectivity index (χ0v) is 15.6. The van der Waals surface area contributed by atoms with E-state index in [1.807, 2.05) is 30.3 Å². The molecule has 6 nitrogen and oxygen atoms in total. The molecule has 2 aromatic carbocycles. The molecule has 27 heavy (non-hydrogen) atoms. The van der Waals surface area contributed by atoms with Crippen LogP contribution in [0.4, 0.5) is 0 Å². The summed E-state index contributed by atoms with van der Waals surface area (Å²) in [6.45, 7) is 0.974. The first-order chi connectivity index (χ1) is 13.1. The smallest absolute Gasteiger partial charge is 0.333 e. The number of rotatable bonds is 10. The average Bonchev–Trinajstić information content (AvgIpc) is 2.72. The van der Waals surface area contributed by atoms with Crippen LogP contribution in [0.5, 0.6) is 5.75 Å². The van der Waals surface area contributed by atoms with Gasteiger partial charge in [-0.1, -0.05) is 42.5 Å². The van der Waals surface area contributed by atoms with E-state index >= 15 is 0 Å². The van der Waals surface area contributed by atoms with Gasteiger partial charge in [-0.05, 0) is 29.7 Å². The maximum absolute atomic E-state index is 12.2. The van der Waals surface area contributed by atoms with Gasteiger partial charge in [0.15, 0.2) is 6.04 Å². The van der Waals surface area contributed by atoms with Gasteiger partial charge >= 0.3 is 5.97 Å². The van der Waals surface area contributed by atoms with Crippen molar-refractivity contribution in [3.05, 3.63) is 65.7 Å². The molecule has 1 N–H and O–H groups in total. The summed E-state index contributed by atoms with van der Waals surface area (Å²) in [6.07, 6.45) is 0.816. The lowest BCUT2D eigenvalue weighted by Gasteiger charge is -2.17. The van der Waals surface area contributed by atoms with Crippen molar-refractivity contribution in [2.24, 2.45) is 0 Å². The first-order valence-electron chi connectivity index (χ1n) is 8.77. The Balaban J connectivity index is 1.82. The van der Waals surface area contributed by atoms with Gasteiger partial charge in [0.2, 0.25) is 5.91 Å². The van der Waals surface area contributed by atoms with Crippen LogP contribution in [0.3, 0.4) is 0 Å². The normalized spacial score (nSPS) is 11.5. The molecule has 0 aliphatic carbocycles. The van der Waals surface area contributed by atoms with Gasteiger partial charge in [0, 0.05) is 13.0 Å². The summed E-state index contributed by atoms with van der Waals surface area (Å²) in [7, 11) is 2.83. The largest absolute Gasteiger partial charge is 0.497 e. The molecule has 2 rings (SSSR count). The average molecular weight is 371 g/mol. The Hall–Kier alpha value is -2.86. The van der Waals surface area contributed by atoms with Crippen LogP contribution in [0.15, 0.2) is 54.6 Å². The SMILES string of the molecule is COC(=O)C(NC(=O)CCCOCc1ccccc1)c1cccc(OC)c1. The highest BCUT2D eigenvalue weighted by Gasteiger charge is 2.23. The van der Waals surface area contributed by atoms with Gasteiger partial charge in [-0.15, -0.1) is 0 Å². The minimum absolute atomic E-state index is 0.239. The van der Waals surface area contributed by atoms with Crippen molar-refractivity contribution in [2.45, 2.75) is 25.5 Å². The maximum atomic E-state index is 12.2. The van der Waals surface area contributed by atoms with Crippen molar-refractivity contribution in [1.82, 2.24) is 5.32 Å². The second-order valence-corrected chi connectivity index (χ2v) is 5.94. The number of methoxy groups -OCH3 is 2. The van der Waals surface area contributed by atoms with Crippen LogP contribution in [0.2, 0.25) is 0 Å². The number of hydrogen-bond acceptors (Lipinski definition) is 5. The second-order valence-electron chi connectivity index (χ2n) is 5.94. The topological polar surface area (TPSA) is 73.9 Å². The van der Waals surface area contributed by atoms with Gasteiger partial charge in [-0.2, -0.15) is 0 Å². The highest BCUT2D eigenvalue weighted by molar-refractivity contribution is 5.85. The molecule has 0 bridgehead atoms. The van der Waals surface area contributed by atoms with E-state index in [1.165, 1.54) is 7.11 Å². The van der Waals surface area contributed by atoms with Crippen LogP contribution in [0.25, 0.3) is 0 Å². The molecule has 0 saturated carbocycles. The minimum atomic E-state index is -0.872. The van der Waals surface area contributed by atoms with Crippen molar-refractivity contribution < 1.29 is 23.8 Å². The molecule has 0 aromatic heterocycles. The van der Waals surface area contributed by atoms with Gasteiger partial charge in [0.05, 0.1) is 20.8 Å². The number of nitrogens with one attached hydrogen (secondary N) is 1. The zero-order chi connectivity index (χ0) is 19.5. The third-order valence-corrected chi connectivity index (χ3v) is 3.97. The van der Waals surface area contributed by atoms with Crippen molar-refractivity contribution in [3.8, 4) is 5.75 Å². The van der Waals surface area contributed by atoms with E-state index in [2.05, 4.69) is 5.32 Å². The Morgan fingerprint density at radius 1 is 1.04 bits per heavy atom. The predicted octanol–water partition coefficient (Wildman–Crippen LogP) is 3.02. The van der Waals surface area contributed by atoms with Crippen molar-refractivity contribution in [1.29, 1.82) is 0 Å². The molecule has 144 valence electrons. The highest BCUT2D eigenvalue weighted by Crippen LogP contribution is 2.20. The molecule has 1 unspecified atom stereocenters. The molecular weight excluding hydrogens is 346 g/mol. The molecule has 0 radical (unpaired) electrons. The Morgan fingerprint density at radius 3 is 2.52 bits per heavy atom. The molecule has 1 amide bonds. The van der Waals surface area contributed by atoms with Crippen molar-refractivity contribution >= 4 is 11.9 Å². The number of ether oxygens (including phenoxy) is 3. The number of amides is 1. The Morgan fingerprint density at radius 2 is 1.81 bits per heavy atom. The zero-order valence-electron chi connectivity index (χ0n) is 15.6. The summed E-state index contributed by atoms with van der Waals surface area (Å²) in [5.41, 5.74) is 1.70. The van der Waals surface area contributed by atoms with Crippen LogP contribution in [-0.4, -0.2) is 32.7 Å². The van der Waals surface area contributed by atoms with Gasteiger partial charge in [-0.25, -0.2) is 4.79 Å². The first kappa shape index (κ1) is 20.5. The number of esters is 1. The maximum Gasteiger partial charge on any atom is 0.333 e. The van der Waals surface area contributed by atoms with Crippen molar-refractivity contribution in [2.75, 3.05) is 20.8 Å². The summed E-state index contributed by atoms with van der Waals surface area (Å²) in [4.78, 5) is 24.3. The van der Waals surface area contributed by atoms with E-state index in [4.69, 9.17) is 14.2 Å². The predicted molar refractivity (Wildman–Crippen MR) is 101 cm³/mol. The fourth-order valence-corrected chi connectivity index (χ4v) is 2.55. The third-order valence-electron chi connectivity index (χ3n) is 3.97. The molecule has 2 aromatic rings. The van der Waals surface area contributed by atoms with Crippen LogP contribution in [0.1, 0.15) is 30.0 Å². The van der Waals surface area contributed by atoms with E-state index in [0.29, 0.717) is 30.9 Å². The lowest BCUT2D eigenvalue weighted by atomic mass is 10.1. The van der Waals surface area contributed by atoms with E-state index in [9.17, 15) is 9.59 Å². The molecule has 0 saturated heterocycles. The summed E-state index contributed by atoms with van der Waals surface area (Å²) in [5, 5.41) is 2.72. The van der Waals surface area contributed by atoms with Crippen LogP contribution in [-0.2, 0) is 25.7 Å². The fourth-order valence-electron chi connectivity index (χ4n) is 2.55. The Labute approximate surface area is 159 Å². The van der Waals surface area contributed by atoms with Crippen LogP contribution >= 0.6 is 0 Å². The van der Waals surface area contributed by atoms with Gasteiger partial charge in [0.1, 0.15) is 5.75 Å². The fraction of sp³-hybridized carbons (Fsp3) is 0.333. The van der Waals surface area contributed by atoms with E-state index < -0.39 is 12.0 Å². The van der Waals surface area contributed by atoms with E-state index in [1.54, 1.807) is 31.4 Å².